The number of aromatic nitrogens is 3. The fourth-order valence-corrected chi connectivity index (χ4v) is 3.75. The van der Waals surface area contributed by atoms with Gasteiger partial charge in [0.2, 0.25) is 0 Å². The maximum atomic E-state index is 12.1. The van der Waals surface area contributed by atoms with E-state index in [-0.39, 0.29) is 17.4 Å². The van der Waals surface area contributed by atoms with Gasteiger partial charge in [-0.2, -0.15) is 5.10 Å². The predicted octanol–water partition coefficient (Wildman–Crippen LogP) is 3.45. The fraction of sp³-hybridized carbons (Fsp3) is 0.238. The monoisotopic (exact) mass is 409 g/mol. The number of phenols is 1. The summed E-state index contributed by atoms with van der Waals surface area (Å²) in [4.78, 5) is 20.7. The number of amides is 1. The van der Waals surface area contributed by atoms with Crippen molar-refractivity contribution in [3.63, 3.8) is 0 Å². The zero-order valence-electron chi connectivity index (χ0n) is 16.8. The summed E-state index contributed by atoms with van der Waals surface area (Å²) in [6.07, 6.45) is 1.63. The number of phenolic OH excluding ortho intramolecular Hbond substituents is 1. The number of aryl methyl sites for hydroxylation is 3. The van der Waals surface area contributed by atoms with Gasteiger partial charge in [0.1, 0.15) is 5.75 Å². The number of nitrogens with zero attached hydrogens (tertiary/aromatic N) is 4. The summed E-state index contributed by atoms with van der Waals surface area (Å²) in [6.45, 7) is 7.78. The van der Waals surface area contributed by atoms with Crippen LogP contribution in [0, 0.1) is 27.7 Å². The highest BCUT2D eigenvalue weighted by Crippen LogP contribution is 2.21. The van der Waals surface area contributed by atoms with E-state index < -0.39 is 0 Å². The molecule has 0 atom stereocenters. The van der Waals surface area contributed by atoms with E-state index in [1.165, 1.54) is 11.8 Å². The molecule has 8 heteroatoms. The summed E-state index contributed by atoms with van der Waals surface area (Å²) in [5.74, 6) is 0.193. The largest absolute Gasteiger partial charge is 0.508 e. The highest BCUT2D eigenvalue weighted by Gasteiger charge is 2.10. The molecule has 29 heavy (non-hydrogen) atoms. The minimum Gasteiger partial charge on any atom is -0.508 e. The van der Waals surface area contributed by atoms with Crippen molar-refractivity contribution in [2.75, 3.05) is 5.75 Å². The Bertz CT molecular complexity index is 1040. The van der Waals surface area contributed by atoms with E-state index in [2.05, 4.69) is 25.1 Å². The second kappa shape index (κ2) is 8.91. The lowest BCUT2D eigenvalue weighted by Gasteiger charge is -2.09. The van der Waals surface area contributed by atoms with Crippen LogP contribution >= 0.6 is 11.8 Å². The molecule has 2 heterocycles. The second-order valence-electron chi connectivity index (χ2n) is 6.69. The average molecular weight is 410 g/mol. The number of hydrogen-bond acceptors (Lipinski definition) is 6. The van der Waals surface area contributed by atoms with E-state index in [9.17, 15) is 9.90 Å². The Labute approximate surface area is 173 Å². The summed E-state index contributed by atoms with van der Waals surface area (Å²) in [6, 6.07) is 10.9. The van der Waals surface area contributed by atoms with Crippen LogP contribution in [-0.4, -0.2) is 37.5 Å². The number of benzene rings is 1. The lowest BCUT2D eigenvalue weighted by molar-refractivity contribution is -0.118. The van der Waals surface area contributed by atoms with E-state index in [1.807, 2.05) is 52.0 Å². The molecular weight excluding hydrogens is 386 g/mol. The van der Waals surface area contributed by atoms with Crippen LogP contribution in [0.3, 0.4) is 0 Å². The topological polar surface area (TPSA) is 92.4 Å². The molecule has 2 N–H and O–H groups in total. The van der Waals surface area contributed by atoms with E-state index in [1.54, 1.807) is 18.3 Å². The minimum atomic E-state index is -0.221. The lowest BCUT2D eigenvalue weighted by atomic mass is 10.2. The van der Waals surface area contributed by atoms with Gasteiger partial charge >= 0.3 is 0 Å². The molecule has 0 aliphatic carbocycles. The third kappa shape index (κ3) is 5.23. The third-order valence-electron chi connectivity index (χ3n) is 4.27. The van der Waals surface area contributed by atoms with Gasteiger partial charge in [-0.15, -0.1) is 0 Å². The number of thioether (sulfide) groups is 1. The Hall–Kier alpha value is -3.13. The number of carbonyl (C=O) groups excluding carboxylic acids is 1. The molecule has 150 valence electrons. The second-order valence-corrected chi connectivity index (χ2v) is 7.64. The van der Waals surface area contributed by atoms with E-state index in [0.29, 0.717) is 5.16 Å². The Morgan fingerprint density at radius 1 is 1.14 bits per heavy atom. The molecule has 0 aliphatic heterocycles. The molecule has 0 radical (unpaired) electrons. The van der Waals surface area contributed by atoms with Crippen molar-refractivity contribution >= 4 is 23.9 Å². The molecule has 3 aromatic rings. The van der Waals surface area contributed by atoms with E-state index >= 15 is 0 Å². The Kier molecular flexibility index (Phi) is 6.33. The summed E-state index contributed by atoms with van der Waals surface area (Å²) in [5.41, 5.74) is 8.18. The molecule has 2 aromatic heterocycles. The standard InChI is InChI=1S/C21H23N5O2S/c1-13-9-14(2)24-21(23-13)29-12-20(28)25-22-11-17-10-15(3)26(16(17)4)18-5-7-19(27)8-6-18/h5-11,27H,12H2,1-4H3,(H,25,28)/b22-11-. The van der Waals surface area contributed by atoms with Crippen molar-refractivity contribution < 1.29 is 9.90 Å². The van der Waals surface area contributed by atoms with Gasteiger partial charge in [0.25, 0.3) is 5.91 Å². The molecule has 0 fully saturated rings. The van der Waals surface area contributed by atoms with Crippen molar-refractivity contribution in [1.82, 2.24) is 20.0 Å². The maximum Gasteiger partial charge on any atom is 0.250 e. The van der Waals surface area contributed by atoms with Gasteiger partial charge in [-0.05, 0) is 64.1 Å². The third-order valence-corrected chi connectivity index (χ3v) is 5.11. The van der Waals surface area contributed by atoms with Crippen molar-refractivity contribution in [2.24, 2.45) is 5.10 Å². The molecular formula is C21H23N5O2S. The number of aromatic hydroxyl groups is 1. The van der Waals surface area contributed by atoms with Gasteiger partial charge in [-0.3, -0.25) is 4.79 Å². The van der Waals surface area contributed by atoms with Crippen molar-refractivity contribution in [2.45, 2.75) is 32.9 Å². The maximum absolute atomic E-state index is 12.1. The van der Waals surface area contributed by atoms with Crippen LogP contribution in [0.2, 0.25) is 0 Å². The lowest BCUT2D eigenvalue weighted by Crippen LogP contribution is -2.19. The zero-order valence-corrected chi connectivity index (χ0v) is 17.6. The minimum absolute atomic E-state index is 0.187. The fourth-order valence-electron chi connectivity index (χ4n) is 3.01. The van der Waals surface area contributed by atoms with Gasteiger partial charge in [-0.1, -0.05) is 11.8 Å². The SMILES string of the molecule is Cc1cc(C)nc(SCC(=O)N/N=C\c2cc(C)n(-c3ccc(O)cc3)c2C)n1. The van der Waals surface area contributed by atoms with Crippen molar-refractivity contribution in [1.29, 1.82) is 0 Å². The molecule has 3 rings (SSSR count). The van der Waals surface area contributed by atoms with Gasteiger partial charge in [-0.25, -0.2) is 15.4 Å². The van der Waals surface area contributed by atoms with Crippen LogP contribution in [0.4, 0.5) is 0 Å². The first-order chi connectivity index (χ1) is 13.8. The summed E-state index contributed by atoms with van der Waals surface area (Å²) < 4.78 is 2.07. The number of hydrogen-bond donors (Lipinski definition) is 2. The van der Waals surface area contributed by atoms with Crippen LogP contribution in [0.15, 0.2) is 46.7 Å². The highest BCUT2D eigenvalue weighted by molar-refractivity contribution is 7.99. The van der Waals surface area contributed by atoms with Crippen LogP contribution in [-0.2, 0) is 4.79 Å². The highest BCUT2D eigenvalue weighted by atomic mass is 32.2. The summed E-state index contributed by atoms with van der Waals surface area (Å²) >= 11 is 1.28. The van der Waals surface area contributed by atoms with E-state index in [0.717, 1.165) is 34.0 Å². The summed E-state index contributed by atoms with van der Waals surface area (Å²) in [5, 5.41) is 14.1. The molecule has 0 aliphatic rings. The molecule has 1 amide bonds. The van der Waals surface area contributed by atoms with Gasteiger partial charge in [0, 0.05) is 34.0 Å². The summed E-state index contributed by atoms with van der Waals surface area (Å²) in [7, 11) is 0. The molecule has 7 nitrogen and oxygen atoms in total. The van der Waals surface area contributed by atoms with Crippen LogP contribution in [0.1, 0.15) is 28.3 Å². The molecule has 0 bridgehead atoms. The number of nitrogens with one attached hydrogen (secondary N) is 1. The number of carbonyl (C=O) groups is 1. The number of hydrazone groups is 1. The molecule has 0 spiro atoms. The Balaban J connectivity index is 1.62. The first-order valence-electron chi connectivity index (χ1n) is 9.09. The Morgan fingerprint density at radius 3 is 2.45 bits per heavy atom. The molecule has 0 saturated heterocycles. The van der Waals surface area contributed by atoms with Crippen molar-refractivity contribution in [3.05, 3.63) is 64.7 Å². The quantitative estimate of drug-likeness (QED) is 0.282. The average Bonchev–Trinajstić information content (AvgIpc) is 2.94. The van der Waals surface area contributed by atoms with Crippen molar-refractivity contribution in [3.8, 4) is 11.4 Å². The smallest absolute Gasteiger partial charge is 0.250 e. The van der Waals surface area contributed by atoms with Gasteiger partial charge in [0.15, 0.2) is 5.16 Å². The van der Waals surface area contributed by atoms with Gasteiger partial charge in [0.05, 0.1) is 12.0 Å². The van der Waals surface area contributed by atoms with Crippen LogP contribution in [0.25, 0.3) is 5.69 Å². The van der Waals surface area contributed by atoms with Crippen LogP contribution < -0.4 is 5.43 Å². The van der Waals surface area contributed by atoms with Crippen LogP contribution in [0.5, 0.6) is 5.75 Å². The Morgan fingerprint density at radius 2 is 1.79 bits per heavy atom. The number of rotatable bonds is 6. The molecule has 0 saturated carbocycles. The molecule has 1 aromatic carbocycles. The van der Waals surface area contributed by atoms with Gasteiger partial charge < -0.3 is 9.67 Å². The zero-order chi connectivity index (χ0) is 21.0. The predicted molar refractivity (Wildman–Crippen MR) is 115 cm³/mol. The first-order valence-corrected chi connectivity index (χ1v) is 10.1. The van der Waals surface area contributed by atoms with E-state index in [4.69, 9.17) is 0 Å². The normalized spacial score (nSPS) is 11.2. The molecule has 0 unspecified atom stereocenters. The first kappa shape index (κ1) is 20.6.